The average molecular weight is 638 g/mol. The molecule has 2 unspecified atom stereocenters. The predicted octanol–water partition coefficient (Wildman–Crippen LogP) is 7.00. The van der Waals surface area contributed by atoms with Gasteiger partial charge in [-0.1, -0.05) is 53.6 Å². The van der Waals surface area contributed by atoms with Crippen molar-refractivity contribution in [3.63, 3.8) is 0 Å². The maximum absolute atomic E-state index is 13.7. The van der Waals surface area contributed by atoms with Crippen LogP contribution in [0.4, 0.5) is 0 Å². The second kappa shape index (κ2) is 15.6. The Labute approximate surface area is 278 Å². The number of hydrogen-bond acceptors (Lipinski definition) is 6. The first-order valence-electron chi connectivity index (χ1n) is 16.1. The highest BCUT2D eigenvalue weighted by Crippen LogP contribution is 2.28. The molecular formula is C38H44ClN5O2. The largest absolute Gasteiger partial charge is 0.460 e. The van der Waals surface area contributed by atoms with Gasteiger partial charge in [-0.2, -0.15) is 5.26 Å². The van der Waals surface area contributed by atoms with Gasteiger partial charge in [0, 0.05) is 49.9 Å². The van der Waals surface area contributed by atoms with Crippen LogP contribution in [0.3, 0.4) is 0 Å². The van der Waals surface area contributed by atoms with E-state index < -0.39 is 0 Å². The molecule has 2 N–H and O–H groups in total. The highest BCUT2D eigenvalue weighted by Gasteiger charge is 2.24. The van der Waals surface area contributed by atoms with Gasteiger partial charge in [0.25, 0.3) is 5.91 Å². The molecule has 46 heavy (non-hydrogen) atoms. The van der Waals surface area contributed by atoms with Crippen molar-refractivity contribution in [1.82, 2.24) is 20.4 Å². The van der Waals surface area contributed by atoms with Crippen LogP contribution in [0, 0.1) is 18.3 Å². The molecule has 7 nitrogen and oxygen atoms in total. The second-order valence-corrected chi connectivity index (χ2v) is 13.0. The third-order valence-electron chi connectivity index (χ3n) is 8.95. The Bertz CT molecular complexity index is 1640. The van der Waals surface area contributed by atoms with Crippen LogP contribution >= 0.6 is 11.6 Å². The number of carbonyl (C=O) groups is 1. The Hall–Kier alpha value is -3.93. The summed E-state index contributed by atoms with van der Waals surface area (Å²) in [5, 5.41) is 16.4. The summed E-state index contributed by atoms with van der Waals surface area (Å²) in [5.74, 6) is 1.29. The van der Waals surface area contributed by atoms with Gasteiger partial charge < -0.3 is 20.0 Å². The number of hydrogen-bond donors (Lipinski definition) is 2. The molecule has 5 rings (SSSR count). The summed E-state index contributed by atoms with van der Waals surface area (Å²) in [6.45, 7) is 11.0. The Morgan fingerprint density at radius 3 is 2.54 bits per heavy atom. The number of halogens is 1. The highest BCUT2D eigenvalue weighted by molar-refractivity contribution is 6.34. The quantitative estimate of drug-likeness (QED) is 0.174. The van der Waals surface area contributed by atoms with Crippen LogP contribution in [-0.2, 0) is 13.0 Å². The minimum atomic E-state index is -0.211. The van der Waals surface area contributed by atoms with E-state index in [1.54, 1.807) is 6.07 Å². The zero-order valence-electron chi connectivity index (χ0n) is 27.2. The molecule has 0 spiro atoms. The lowest BCUT2D eigenvalue weighted by Gasteiger charge is -2.38. The van der Waals surface area contributed by atoms with Gasteiger partial charge >= 0.3 is 0 Å². The first-order valence-corrected chi connectivity index (χ1v) is 16.5. The minimum Gasteiger partial charge on any atom is -0.460 e. The van der Waals surface area contributed by atoms with E-state index in [2.05, 4.69) is 78.6 Å². The maximum atomic E-state index is 13.7. The maximum Gasteiger partial charge on any atom is 0.253 e. The summed E-state index contributed by atoms with van der Waals surface area (Å²) >= 11 is 6.60. The van der Waals surface area contributed by atoms with Crippen molar-refractivity contribution in [2.24, 2.45) is 0 Å². The lowest BCUT2D eigenvalue weighted by atomic mass is 10.0. The molecule has 1 aromatic heterocycles. The number of nitrogens with zero attached hydrogens (tertiary/aromatic N) is 3. The third kappa shape index (κ3) is 8.86. The highest BCUT2D eigenvalue weighted by atomic mass is 35.5. The van der Waals surface area contributed by atoms with Crippen LogP contribution in [0.5, 0.6) is 0 Å². The van der Waals surface area contributed by atoms with Gasteiger partial charge in [-0.15, -0.1) is 0 Å². The fourth-order valence-corrected chi connectivity index (χ4v) is 6.23. The number of likely N-dealkylation sites (N-methyl/N-ethyl adjacent to an activating group) is 1. The molecule has 4 aromatic rings. The van der Waals surface area contributed by atoms with E-state index in [4.69, 9.17) is 16.0 Å². The predicted molar refractivity (Wildman–Crippen MR) is 185 cm³/mol. The fourth-order valence-electron chi connectivity index (χ4n) is 6.03. The SMILES string of the molecule is Cc1ccc(C(C)NCc2ccc(-c3ccc(Cl)c(C(=O)NC(CCN4CCN(C)C[C@@H]4C)Cc4ccc(C#N)cc4)c3)o2)cc1. The van der Waals surface area contributed by atoms with E-state index in [-0.39, 0.29) is 18.0 Å². The molecule has 0 radical (unpaired) electrons. The van der Waals surface area contributed by atoms with Gasteiger partial charge in [0.2, 0.25) is 0 Å². The lowest BCUT2D eigenvalue weighted by Crippen LogP contribution is -2.51. The van der Waals surface area contributed by atoms with Crippen LogP contribution in [0.15, 0.2) is 83.3 Å². The third-order valence-corrected chi connectivity index (χ3v) is 9.28. The summed E-state index contributed by atoms with van der Waals surface area (Å²) in [4.78, 5) is 18.6. The topological polar surface area (TPSA) is 84.5 Å². The summed E-state index contributed by atoms with van der Waals surface area (Å²) < 4.78 is 6.18. The molecular weight excluding hydrogens is 594 g/mol. The molecule has 1 aliphatic rings. The molecule has 1 aliphatic heterocycles. The number of piperazine rings is 1. The number of amides is 1. The van der Waals surface area contributed by atoms with Crippen molar-refractivity contribution in [2.75, 3.05) is 33.2 Å². The summed E-state index contributed by atoms with van der Waals surface area (Å²) in [5.41, 5.74) is 5.37. The van der Waals surface area contributed by atoms with Crippen LogP contribution in [-0.4, -0.2) is 61.0 Å². The Morgan fingerprint density at radius 2 is 1.83 bits per heavy atom. The molecule has 240 valence electrons. The molecule has 3 atom stereocenters. The zero-order valence-corrected chi connectivity index (χ0v) is 28.0. The monoisotopic (exact) mass is 637 g/mol. The number of rotatable bonds is 12. The normalized spacial score (nSPS) is 16.9. The van der Waals surface area contributed by atoms with Crippen molar-refractivity contribution in [3.8, 4) is 17.4 Å². The minimum absolute atomic E-state index is 0.108. The first kappa shape index (κ1) is 33.4. The van der Waals surface area contributed by atoms with Gasteiger partial charge in [0.15, 0.2) is 0 Å². The average Bonchev–Trinajstić information content (AvgIpc) is 3.53. The van der Waals surface area contributed by atoms with Crippen molar-refractivity contribution in [3.05, 3.63) is 117 Å². The Kier molecular flexibility index (Phi) is 11.3. The fraction of sp³-hybridized carbons (Fsp3) is 0.368. The van der Waals surface area contributed by atoms with E-state index in [0.717, 1.165) is 49.5 Å². The van der Waals surface area contributed by atoms with Gasteiger partial charge in [-0.05, 0) is 94.3 Å². The number of furan rings is 1. The molecule has 2 heterocycles. The van der Waals surface area contributed by atoms with Crippen molar-refractivity contribution >= 4 is 17.5 Å². The van der Waals surface area contributed by atoms with Gasteiger partial charge in [0.1, 0.15) is 11.5 Å². The number of nitriles is 1. The zero-order chi connectivity index (χ0) is 32.6. The van der Waals surface area contributed by atoms with Crippen LogP contribution in [0.1, 0.15) is 64.7 Å². The second-order valence-electron chi connectivity index (χ2n) is 12.6. The van der Waals surface area contributed by atoms with Gasteiger partial charge in [0.05, 0.1) is 28.8 Å². The summed E-state index contributed by atoms with van der Waals surface area (Å²) in [6, 6.07) is 28.2. The number of carbonyl (C=O) groups excluding carboxylic acids is 1. The van der Waals surface area contributed by atoms with Crippen molar-refractivity contribution in [1.29, 1.82) is 5.26 Å². The standard InChI is InChI=1S/C38H44ClN5O2/c1-26-5-11-31(12-6-26)28(3)41-24-34-14-16-37(46-34)32-13-15-36(39)35(22-32)38(45)42-33(21-29-7-9-30(23-40)10-8-29)17-18-44-20-19-43(4)25-27(44)2/h5-16,22,27-28,33,41H,17-21,24-25H2,1-4H3,(H,42,45)/t27-,28?,33?/m0/s1. The molecule has 0 aliphatic carbocycles. The smallest absolute Gasteiger partial charge is 0.253 e. The summed E-state index contributed by atoms with van der Waals surface area (Å²) in [6.07, 6.45) is 1.46. The molecule has 8 heteroatoms. The van der Waals surface area contributed by atoms with E-state index >= 15 is 0 Å². The van der Waals surface area contributed by atoms with E-state index in [1.165, 1.54) is 11.1 Å². The van der Waals surface area contributed by atoms with E-state index in [1.807, 2.05) is 48.5 Å². The molecule has 1 fully saturated rings. The molecule has 3 aromatic carbocycles. The summed E-state index contributed by atoms with van der Waals surface area (Å²) in [7, 11) is 2.16. The van der Waals surface area contributed by atoms with Gasteiger partial charge in [-0.25, -0.2) is 0 Å². The Morgan fingerprint density at radius 1 is 1.07 bits per heavy atom. The van der Waals surface area contributed by atoms with Crippen LogP contribution < -0.4 is 10.6 Å². The van der Waals surface area contributed by atoms with Crippen LogP contribution in [0.2, 0.25) is 5.02 Å². The molecule has 1 saturated heterocycles. The number of aryl methyl sites for hydroxylation is 1. The molecule has 1 amide bonds. The molecule has 0 bridgehead atoms. The van der Waals surface area contributed by atoms with Crippen molar-refractivity contribution in [2.45, 2.75) is 58.3 Å². The van der Waals surface area contributed by atoms with Crippen LogP contribution in [0.25, 0.3) is 11.3 Å². The molecule has 0 saturated carbocycles. The van der Waals surface area contributed by atoms with Crippen molar-refractivity contribution < 1.29 is 9.21 Å². The van der Waals surface area contributed by atoms with E-state index in [9.17, 15) is 10.1 Å². The first-order chi connectivity index (χ1) is 22.2. The van der Waals surface area contributed by atoms with E-state index in [0.29, 0.717) is 40.9 Å². The Balaban J connectivity index is 1.26. The number of benzene rings is 3. The lowest BCUT2D eigenvalue weighted by molar-refractivity contribution is 0.0882. The van der Waals surface area contributed by atoms with Gasteiger partial charge in [-0.3, -0.25) is 9.69 Å². The number of nitrogens with one attached hydrogen (secondary N) is 2.